The molecule has 2 rings (SSSR count). The minimum absolute atomic E-state index is 0.375. The van der Waals surface area contributed by atoms with Gasteiger partial charge < -0.3 is 15.6 Å². The summed E-state index contributed by atoms with van der Waals surface area (Å²) in [7, 11) is 0. The summed E-state index contributed by atoms with van der Waals surface area (Å²) in [4.78, 5) is 14.1. The van der Waals surface area contributed by atoms with E-state index in [-0.39, 0.29) is 0 Å². The number of aliphatic hydroxyl groups excluding tert-OH is 1. The average Bonchev–Trinajstić information content (AvgIpc) is 2.63. The number of benzene rings is 1. The van der Waals surface area contributed by atoms with E-state index in [1.54, 1.807) is 20.8 Å². The Morgan fingerprint density at radius 3 is 2.57 bits per heavy atom. The maximum Gasteiger partial charge on any atom is 0.315 e. The summed E-state index contributed by atoms with van der Waals surface area (Å²) in [5, 5.41) is 10.2. The van der Waals surface area contributed by atoms with E-state index in [2.05, 4.69) is 0 Å². The van der Waals surface area contributed by atoms with Crippen LogP contribution in [0.5, 0.6) is 0 Å². The predicted octanol–water partition coefficient (Wildman–Crippen LogP) is 1.11. The maximum atomic E-state index is 12.2. The number of nitrogens with two attached hydrogens (primary N) is 1. The highest BCUT2D eigenvalue weighted by Gasteiger charge is 2.45. The summed E-state index contributed by atoms with van der Waals surface area (Å²) in [6, 6.07) is 9.86. The highest BCUT2D eigenvalue weighted by molar-refractivity contribution is 5.75. The minimum Gasteiger partial charge on any atom is -0.460 e. The molecule has 1 saturated heterocycles. The Labute approximate surface area is 125 Å². The zero-order valence-corrected chi connectivity index (χ0v) is 12.8. The number of nitrogens with zero attached hydrogens (tertiary/aromatic N) is 1. The Bertz CT molecular complexity index is 484. The Hall–Kier alpha value is -1.43. The third-order valence-electron chi connectivity index (χ3n) is 3.53. The van der Waals surface area contributed by atoms with Crippen molar-refractivity contribution in [1.29, 1.82) is 0 Å². The van der Waals surface area contributed by atoms with Crippen molar-refractivity contribution in [3.05, 3.63) is 35.9 Å². The molecule has 3 atom stereocenters. The van der Waals surface area contributed by atoms with Crippen molar-refractivity contribution in [3.63, 3.8) is 0 Å². The number of β-amino-alcohol motifs (C(OH)–C–C–N with tert-alkyl or cyclic N) is 1. The van der Waals surface area contributed by atoms with Gasteiger partial charge in [0, 0.05) is 13.1 Å². The fraction of sp³-hybridized carbons (Fsp3) is 0.562. The van der Waals surface area contributed by atoms with Crippen molar-refractivity contribution in [2.24, 2.45) is 11.7 Å². The Morgan fingerprint density at radius 1 is 1.38 bits per heavy atom. The lowest BCUT2D eigenvalue weighted by molar-refractivity contribution is -0.163. The maximum absolute atomic E-state index is 12.2. The second kappa shape index (κ2) is 6.13. The van der Waals surface area contributed by atoms with E-state index in [0.29, 0.717) is 13.1 Å². The fourth-order valence-corrected chi connectivity index (χ4v) is 2.58. The monoisotopic (exact) mass is 292 g/mol. The number of hydrogen-bond acceptors (Lipinski definition) is 5. The van der Waals surface area contributed by atoms with E-state index < -0.39 is 29.8 Å². The number of carbonyl (C=O) groups is 1. The van der Waals surface area contributed by atoms with E-state index in [1.165, 1.54) is 0 Å². The van der Waals surface area contributed by atoms with E-state index >= 15 is 0 Å². The van der Waals surface area contributed by atoms with Crippen LogP contribution in [0.3, 0.4) is 0 Å². The molecule has 1 heterocycles. The second-order valence-electron chi connectivity index (χ2n) is 6.53. The van der Waals surface area contributed by atoms with Crippen LogP contribution in [0.4, 0.5) is 0 Å². The Kier molecular flexibility index (Phi) is 4.66. The van der Waals surface area contributed by atoms with Crippen LogP contribution in [0.15, 0.2) is 30.3 Å². The molecule has 21 heavy (non-hydrogen) atoms. The number of hydrogen-bond donors (Lipinski definition) is 2. The zero-order valence-electron chi connectivity index (χ0n) is 12.8. The molecule has 0 aliphatic carbocycles. The number of carbonyl (C=O) groups excluding carboxylic acids is 1. The lowest BCUT2D eigenvalue weighted by Gasteiger charge is -2.26. The van der Waals surface area contributed by atoms with Crippen LogP contribution in [0.2, 0.25) is 0 Å². The van der Waals surface area contributed by atoms with Crippen LogP contribution in [-0.4, -0.2) is 40.4 Å². The summed E-state index contributed by atoms with van der Waals surface area (Å²) >= 11 is 0. The number of esters is 1. The van der Waals surface area contributed by atoms with Gasteiger partial charge in [-0.05, 0) is 26.3 Å². The average molecular weight is 292 g/mol. The molecule has 0 bridgehead atoms. The van der Waals surface area contributed by atoms with Crippen LogP contribution in [0.25, 0.3) is 0 Å². The van der Waals surface area contributed by atoms with E-state index in [4.69, 9.17) is 10.5 Å². The Morgan fingerprint density at radius 2 is 2.00 bits per heavy atom. The first-order valence-corrected chi connectivity index (χ1v) is 7.22. The third kappa shape index (κ3) is 4.03. The topological polar surface area (TPSA) is 75.8 Å². The molecule has 1 aromatic rings. The van der Waals surface area contributed by atoms with Crippen molar-refractivity contribution >= 4 is 5.97 Å². The van der Waals surface area contributed by atoms with Crippen molar-refractivity contribution < 1.29 is 14.6 Å². The van der Waals surface area contributed by atoms with Gasteiger partial charge in [0.25, 0.3) is 0 Å². The lowest BCUT2D eigenvalue weighted by atomic mass is 10.0. The molecule has 0 spiro atoms. The smallest absolute Gasteiger partial charge is 0.315 e. The molecule has 5 nitrogen and oxygen atoms in total. The zero-order chi connectivity index (χ0) is 15.6. The summed E-state index contributed by atoms with van der Waals surface area (Å²) in [6.07, 6.45) is -1.33. The third-order valence-corrected chi connectivity index (χ3v) is 3.53. The van der Waals surface area contributed by atoms with Gasteiger partial charge in [0.1, 0.15) is 11.5 Å². The lowest BCUT2D eigenvalue weighted by Crippen LogP contribution is -2.45. The summed E-state index contributed by atoms with van der Waals surface area (Å²) in [5.74, 6) is -1.13. The summed E-state index contributed by atoms with van der Waals surface area (Å²) in [6.45, 7) is 6.40. The normalized spacial score (nSPS) is 26.8. The largest absolute Gasteiger partial charge is 0.460 e. The molecule has 5 heteroatoms. The van der Waals surface area contributed by atoms with Gasteiger partial charge in [-0.1, -0.05) is 30.3 Å². The molecule has 1 aliphatic heterocycles. The highest BCUT2D eigenvalue weighted by atomic mass is 16.6. The molecule has 0 radical (unpaired) electrons. The van der Waals surface area contributed by atoms with Gasteiger partial charge in [-0.15, -0.1) is 0 Å². The number of rotatable bonds is 3. The van der Waals surface area contributed by atoms with Crippen LogP contribution in [0.1, 0.15) is 26.3 Å². The van der Waals surface area contributed by atoms with Crippen LogP contribution in [-0.2, 0) is 16.1 Å². The molecule has 116 valence electrons. The van der Waals surface area contributed by atoms with Crippen molar-refractivity contribution in [2.45, 2.75) is 45.2 Å². The van der Waals surface area contributed by atoms with Gasteiger partial charge in [0.05, 0.1) is 12.3 Å². The van der Waals surface area contributed by atoms with E-state index in [9.17, 15) is 9.90 Å². The van der Waals surface area contributed by atoms with Crippen molar-refractivity contribution in [1.82, 2.24) is 4.90 Å². The first-order valence-electron chi connectivity index (χ1n) is 7.22. The predicted molar refractivity (Wildman–Crippen MR) is 80.2 cm³/mol. The first kappa shape index (κ1) is 15.9. The summed E-state index contributed by atoms with van der Waals surface area (Å²) in [5.41, 5.74) is 6.67. The summed E-state index contributed by atoms with van der Waals surface area (Å²) < 4.78 is 5.36. The van der Waals surface area contributed by atoms with Crippen LogP contribution >= 0.6 is 0 Å². The second-order valence-corrected chi connectivity index (χ2v) is 6.53. The van der Waals surface area contributed by atoms with Gasteiger partial charge in [-0.2, -0.15) is 0 Å². The number of aliphatic hydroxyl groups is 1. The molecular formula is C16H24N2O3. The van der Waals surface area contributed by atoms with Crippen LogP contribution < -0.4 is 5.73 Å². The molecule has 0 saturated carbocycles. The molecular weight excluding hydrogens is 268 g/mol. The molecule has 0 amide bonds. The molecule has 3 N–H and O–H groups in total. The van der Waals surface area contributed by atoms with Crippen LogP contribution in [0, 0.1) is 5.92 Å². The van der Waals surface area contributed by atoms with E-state index in [1.807, 2.05) is 35.2 Å². The molecule has 1 unspecified atom stereocenters. The van der Waals surface area contributed by atoms with E-state index in [0.717, 1.165) is 5.56 Å². The molecule has 1 aromatic carbocycles. The highest BCUT2D eigenvalue weighted by Crippen LogP contribution is 2.26. The van der Waals surface area contributed by atoms with Gasteiger partial charge in [0.2, 0.25) is 0 Å². The van der Waals surface area contributed by atoms with Gasteiger partial charge >= 0.3 is 5.97 Å². The number of ether oxygens (including phenoxy) is 1. The quantitative estimate of drug-likeness (QED) is 0.816. The van der Waals surface area contributed by atoms with Crippen molar-refractivity contribution in [3.8, 4) is 0 Å². The fourth-order valence-electron chi connectivity index (χ4n) is 2.58. The van der Waals surface area contributed by atoms with Gasteiger partial charge in [-0.25, -0.2) is 0 Å². The minimum atomic E-state index is -0.793. The molecule has 1 aliphatic rings. The molecule has 0 aromatic heterocycles. The van der Waals surface area contributed by atoms with Crippen molar-refractivity contribution in [2.75, 3.05) is 6.54 Å². The first-order chi connectivity index (χ1) is 9.78. The Balaban J connectivity index is 2.04. The van der Waals surface area contributed by atoms with Gasteiger partial charge in [0.15, 0.2) is 0 Å². The standard InChI is InChI=1S/C16H24N2O3/c1-16(2,3)21-15(20)13-12(19)10-18(14(13)17)9-11-7-5-4-6-8-11/h4-8,12-14,19H,9-10,17H2,1-3H3/t12-,13+,14?/m1/s1. The molecule has 1 fully saturated rings. The SMILES string of the molecule is CC(C)(C)OC(=O)[C@@H]1C(N)N(Cc2ccccc2)C[C@H]1O. The van der Waals surface area contributed by atoms with Gasteiger partial charge in [-0.3, -0.25) is 9.69 Å². The number of likely N-dealkylation sites (tertiary alicyclic amines) is 1.